The molecule has 7 heteroatoms. The molecular formula is C23H28N6O. The van der Waals surface area contributed by atoms with E-state index in [1.54, 1.807) is 26.0 Å². The topological polar surface area (TPSA) is 74.6 Å². The fourth-order valence-corrected chi connectivity index (χ4v) is 3.02. The van der Waals surface area contributed by atoms with Gasteiger partial charge in [0.05, 0.1) is 11.9 Å². The van der Waals surface area contributed by atoms with Crippen LogP contribution in [0.15, 0.2) is 72.0 Å². The molecule has 1 heterocycles. The van der Waals surface area contributed by atoms with Crippen molar-refractivity contribution in [2.45, 2.75) is 13.0 Å². The second kappa shape index (κ2) is 10.2. The number of carbonyl (C=O) groups is 1. The maximum atomic E-state index is 12.1. The minimum atomic E-state index is 0.0123. The first-order chi connectivity index (χ1) is 14.6. The van der Waals surface area contributed by atoms with Crippen molar-refractivity contribution in [2.24, 2.45) is 4.99 Å². The van der Waals surface area contributed by atoms with Crippen LogP contribution in [0.2, 0.25) is 0 Å². The second-order valence-electron chi connectivity index (χ2n) is 7.13. The van der Waals surface area contributed by atoms with Crippen LogP contribution in [0.3, 0.4) is 0 Å². The summed E-state index contributed by atoms with van der Waals surface area (Å²) in [6.45, 7) is 1.34. The molecule has 0 radical (unpaired) electrons. The van der Waals surface area contributed by atoms with Crippen molar-refractivity contribution in [2.75, 3.05) is 27.7 Å². The van der Waals surface area contributed by atoms with Crippen molar-refractivity contribution in [3.05, 3.63) is 83.7 Å². The Morgan fingerprint density at radius 2 is 1.87 bits per heavy atom. The number of carbonyl (C=O) groups excluding carboxylic acids is 1. The molecule has 156 valence electrons. The van der Waals surface area contributed by atoms with Gasteiger partial charge in [-0.25, -0.2) is 4.68 Å². The van der Waals surface area contributed by atoms with Crippen molar-refractivity contribution in [3.8, 4) is 5.69 Å². The number of hydrogen-bond acceptors (Lipinski definition) is 3. The number of rotatable bonds is 7. The highest BCUT2D eigenvalue weighted by Crippen LogP contribution is 2.08. The first-order valence-corrected chi connectivity index (χ1v) is 9.91. The van der Waals surface area contributed by atoms with E-state index in [4.69, 9.17) is 0 Å². The number of nitrogens with one attached hydrogen (secondary N) is 2. The summed E-state index contributed by atoms with van der Waals surface area (Å²) in [6.07, 6.45) is 4.64. The van der Waals surface area contributed by atoms with Gasteiger partial charge in [-0.15, -0.1) is 0 Å². The van der Waals surface area contributed by atoms with E-state index in [1.807, 2.05) is 71.7 Å². The molecule has 7 nitrogen and oxygen atoms in total. The molecule has 0 saturated carbocycles. The lowest BCUT2D eigenvalue weighted by Crippen LogP contribution is -2.37. The minimum Gasteiger partial charge on any atom is -0.356 e. The lowest BCUT2D eigenvalue weighted by Gasteiger charge is -2.13. The molecule has 0 spiro atoms. The average Bonchev–Trinajstić information content (AvgIpc) is 3.25. The van der Waals surface area contributed by atoms with Gasteiger partial charge < -0.3 is 15.5 Å². The third kappa shape index (κ3) is 5.70. The van der Waals surface area contributed by atoms with Crippen molar-refractivity contribution in [3.63, 3.8) is 0 Å². The lowest BCUT2D eigenvalue weighted by atomic mass is 10.1. The minimum absolute atomic E-state index is 0.0123. The van der Waals surface area contributed by atoms with E-state index in [9.17, 15) is 4.79 Å². The van der Waals surface area contributed by atoms with E-state index in [1.165, 1.54) is 0 Å². The molecule has 3 aromatic rings. The summed E-state index contributed by atoms with van der Waals surface area (Å²) in [6, 6.07) is 17.7. The summed E-state index contributed by atoms with van der Waals surface area (Å²) in [4.78, 5) is 18.0. The van der Waals surface area contributed by atoms with Gasteiger partial charge in [-0.3, -0.25) is 9.79 Å². The van der Waals surface area contributed by atoms with E-state index in [0.717, 1.165) is 29.2 Å². The Morgan fingerprint density at radius 3 is 2.60 bits per heavy atom. The molecule has 0 saturated heterocycles. The SMILES string of the molecule is CN=C(NCCc1cccc(C(=O)N(C)C)c1)NCc1cnn(-c2ccccc2)c1. The van der Waals surface area contributed by atoms with Gasteiger partial charge >= 0.3 is 0 Å². The van der Waals surface area contributed by atoms with Crippen LogP contribution < -0.4 is 10.6 Å². The van der Waals surface area contributed by atoms with E-state index < -0.39 is 0 Å². The molecule has 0 atom stereocenters. The molecule has 3 rings (SSSR count). The summed E-state index contributed by atoms with van der Waals surface area (Å²) < 4.78 is 1.86. The summed E-state index contributed by atoms with van der Waals surface area (Å²) >= 11 is 0. The zero-order valence-corrected chi connectivity index (χ0v) is 17.7. The summed E-state index contributed by atoms with van der Waals surface area (Å²) in [5.41, 5.74) is 3.91. The quantitative estimate of drug-likeness (QED) is 0.469. The van der Waals surface area contributed by atoms with Gasteiger partial charge in [-0.05, 0) is 36.2 Å². The van der Waals surface area contributed by atoms with Crippen molar-refractivity contribution in [1.82, 2.24) is 25.3 Å². The standard InChI is InChI=1S/C23H28N6O/c1-24-23(25-13-12-18-8-7-9-20(14-18)22(30)28(2)3)26-15-19-16-27-29(17-19)21-10-5-4-6-11-21/h4-11,14,16-17H,12-13,15H2,1-3H3,(H2,24,25,26). The average molecular weight is 405 g/mol. The number of benzene rings is 2. The van der Waals surface area contributed by atoms with E-state index in [0.29, 0.717) is 18.7 Å². The Kier molecular flexibility index (Phi) is 7.21. The van der Waals surface area contributed by atoms with Gasteiger partial charge in [0.2, 0.25) is 0 Å². The van der Waals surface area contributed by atoms with E-state index in [-0.39, 0.29) is 5.91 Å². The molecule has 0 fully saturated rings. The Labute approximate surface area is 177 Å². The van der Waals surface area contributed by atoms with Crippen LogP contribution in [0.5, 0.6) is 0 Å². The van der Waals surface area contributed by atoms with Crippen LogP contribution >= 0.6 is 0 Å². The molecule has 30 heavy (non-hydrogen) atoms. The van der Waals surface area contributed by atoms with Crippen molar-refractivity contribution >= 4 is 11.9 Å². The number of aromatic nitrogens is 2. The molecule has 1 aromatic heterocycles. The van der Waals surface area contributed by atoms with Crippen molar-refractivity contribution in [1.29, 1.82) is 0 Å². The lowest BCUT2D eigenvalue weighted by molar-refractivity contribution is 0.0827. The third-order valence-electron chi connectivity index (χ3n) is 4.63. The zero-order valence-electron chi connectivity index (χ0n) is 17.7. The number of amides is 1. The molecule has 0 unspecified atom stereocenters. The highest BCUT2D eigenvalue weighted by atomic mass is 16.2. The zero-order chi connectivity index (χ0) is 21.3. The van der Waals surface area contributed by atoms with Gasteiger partial charge in [0.25, 0.3) is 5.91 Å². The summed E-state index contributed by atoms with van der Waals surface area (Å²) in [5.74, 6) is 0.737. The normalized spacial score (nSPS) is 11.2. The van der Waals surface area contributed by atoms with Gasteiger partial charge in [0, 0.05) is 51.6 Å². The fraction of sp³-hybridized carbons (Fsp3) is 0.261. The predicted octanol–water partition coefficient (Wildman–Crippen LogP) is 2.48. The molecule has 0 bridgehead atoms. The molecule has 0 aliphatic heterocycles. The first kappa shape index (κ1) is 21.1. The third-order valence-corrected chi connectivity index (χ3v) is 4.63. The van der Waals surface area contributed by atoms with Gasteiger partial charge in [0.1, 0.15) is 0 Å². The molecule has 1 amide bonds. The molecule has 0 aliphatic carbocycles. The second-order valence-corrected chi connectivity index (χ2v) is 7.13. The molecular weight excluding hydrogens is 376 g/mol. The number of aliphatic imine (C=N–C) groups is 1. The Balaban J connectivity index is 1.48. The van der Waals surface area contributed by atoms with Gasteiger partial charge in [-0.1, -0.05) is 30.3 Å². The molecule has 2 N–H and O–H groups in total. The Hall–Kier alpha value is -3.61. The summed E-state index contributed by atoms with van der Waals surface area (Å²) in [5, 5.41) is 11.0. The van der Waals surface area contributed by atoms with E-state index in [2.05, 4.69) is 20.7 Å². The highest BCUT2D eigenvalue weighted by Gasteiger charge is 2.08. The fourth-order valence-electron chi connectivity index (χ4n) is 3.02. The van der Waals surface area contributed by atoms with E-state index >= 15 is 0 Å². The summed E-state index contributed by atoms with van der Waals surface area (Å²) in [7, 11) is 5.27. The number of nitrogens with zero attached hydrogens (tertiary/aromatic N) is 4. The van der Waals surface area contributed by atoms with Gasteiger partial charge in [0.15, 0.2) is 5.96 Å². The number of hydrogen-bond donors (Lipinski definition) is 2. The number of guanidine groups is 1. The van der Waals surface area contributed by atoms with Crippen LogP contribution in [-0.2, 0) is 13.0 Å². The van der Waals surface area contributed by atoms with Crippen LogP contribution in [0, 0.1) is 0 Å². The van der Waals surface area contributed by atoms with Crippen LogP contribution in [0.25, 0.3) is 5.69 Å². The molecule has 2 aromatic carbocycles. The smallest absolute Gasteiger partial charge is 0.253 e. The Bertz CT molecular complexity index is 994. The first-order valence-electron chi connectivity index (χ1n) is 9.91. The van der Waals surface area contributed by atoms with Crippen LogP contribution in [-0.4, -0.2) is 54.2 Å². The monoisotopic (exact) mass is 404 g/mol. The van der Waals surface area contributed by atoms with Crippen molar-refractivity contribution < 1.29 is 4.79 Å². The number of para-hydroxylation sites is 1. The Morgan fingerprint density at radius 1 is 1.07 bits per heavy atom. The van der Waals surface area contributed by atoms with Crippen LogP contribution in [0.4, 0.5) is 0 Å². The predicted molar refractivity (Wildman–Crippen MR) is 120 cm³/mol. The maximum Gasteiger partial charge on any atom is 0.253 e. The van der Waals surface area contributed by atoms with Gasteiger partial charge in [-0.2, -0.15) is 5.10 Å². The molecule has 0 aliphatic rings. The largest absolute Gasteiger partial charge is 0.356 e. The maximum absolute atomic E-state index is 12.1. The van der Waals surface area contributed by atoms with Crippen LogP contribution in [0.1, 0.15) is 21.5 Å². The highest BCUT2D eigenvalue weighted by molar-refractivity contribution is 5.94.